The molecule has 2 aromatic rings. The molecule has 0 bridgehead atoms. The van der Waals surface area contributed by atoms with Crippen molar-refractivity contribution < 1.29 is 23.1 Å². The predicted octanol–water partition coefficient (Wildman–Crippen LogP) is 2.43. The van der Waals surface area contributed by atoms with Crippen LogP contribution in [-0.4, -0.2) is 26.6 Å². The van der Waals surface area contributed by atoms with Crippen LogP contribution in [0.5, 0.6) is 5.75 Å². The van der Waals surface area contributed by atoms with Gasteiger partial charge in [0.05, 0.1) is 13.5 Å². The van der Waals surface area contributed by atoms with Crippen molar-refractivity contribution in [3.8, 4) is 5.75 Å². The van der Waals surface area contributed by atoms with E-state index in [-0.39, 0.29) is 17.1 Å². The van der Waals surface area contributed by atoms with Crippen molar-refractivity contribution in [2.45, 2.75) is 18.2 Å². The number of aliphatic carboxylic acids is 1. The molecule has 2 N–H and O–H groups in total. The smallest absolute Gasteiger partial charge is 0.307 e. The van der Waals surface area contributed by atoms with E-state index in [1.165, 1.54) is 25.3 Å². The molecule has 122 valence electrons. The molecule has 0 unspecified atom stereocenters. The Morgan fingerprint density at radius 2 is 1.83 bits per heavy atom. The number of ether oxygens (including phenoxy) is 1. The Hall–Kier alpha value is -2.54. The third kappa shape index (κ3) is 4.23. The fraction of sp³-hybridized carbons (Fsp3) is 0.188. The standard InChI is InChI=1S/C16H17NO5S/c1-11-3-8-14(22-2)15(9-11)23(20,21)17-13-6-4-12(5-7-13)10-16(18)19/h3-9,17H,10H2,1-2H3,(H,18,19). The molecule has 0 fully saturated rings. The maximum Gasteiger partial charge on any atom is 0.307 e. The van der Waals surface area contributed by atoms with E-state index in [1.807, 2.05) is 0 Å². The second kappa shape index (κ2) is 6.70. The van der Waals surface area contributed by atoms with Gasteiger partial charge in [0.1, 0.15) is 10.6 Å². The van der Waals surface area contributed by atoms with Crippen molar-refractivity contribution in [3.05, 3.63) is 53.6 Å². The molecular weight excluding hydrogens is 318 g/mol. The lowest BCUT2D eigenvalue weighted by atomic mass is 10.1. The Labute approximate surface area is 134 Å². The van der Waals surface area contributed by atoms with Crippen LogP contribution >= 0.6 is 0 Å². The second-order valence-corrected chi connectivity index (χ2v) is 6.68. The number of methoxy groups -OCH3 is 1. The highest BCUT2D eigenvalue weighted by atomic mass is 32.2. The van der Waals surface area contributed by atoms with Gasteiger partial charge in [-0.2, -0.15) is 0 Å². The molecule has 0 saturated heterocycles. The Morgan fingerprint density at radius 3 is 2.39 bits per heavy atom. The average molecular weight is 335 g/mol. The van der Waals surface area contributed by atoms with Gasteiger partial charge >= 0.3 is 5.97 Å². The van der Waals surface area contributed by atoms with Crippen LogP contribution in [0.4, 0.5) is 5.69 Å². The highest BCUT2D eigenvalue weighted by Crippen LogP contribution is 2.26. The van der Waals surface area contributed by atoms with Crippen LogP contribution in [0.3, 0.4) is 0 Å². The van der Waals surface area contributed by atoms with E-state index in [1.54, 1.807) is 31.2 Å². The average Bonchev–Trinajstić information content (AvgIpc) is 2.48. The van der Waals surface area contributed by atoms with Crippen LogP contribution < -0.4 is 9.46 Å². The van der Waals surface area contributed by atoms with Gasteiger partial charge in [-0.3, -0.25) is 9.52 Å². The number of carboxylic acid groups (broad SMARTS) is 1. The largest absolute Gasteiger partial charge is 0.495 e. The molecule has 0 aliphatic carbocycles. The van der Waals surface area contributed by atoms with Crippen molar-refractivity contribution in [2.24, 2.45) is 0 Å². The lowest BCUT2D eigenvalue weighted by molar-refractivity contribution is -0.136. The van der Waals surface area contributed by atoms with Crippen molar-refractivity contribution >= 4 is 21.7 Å². The number of anilines is 1. The van der Waals surface area contributed by atoms with Crippen LogP contribution in [0.25, 0.3) is 0 Å². The SMILES string of the molecule is COc1ccc(C)cc1S(=O)(=O)Nc1ccc(CC(=O)O)cc1. The van der Waals surface area contributed by atoms with E-state index in [9.17, 15) is 13.2 Å². The molecule has 23 heavy (non-hydrogen) atoms. The van der Waals surface area contributed by atoms with E-state index >= 15 is 0 Å². The topological polar surface area (TPSA) is 92.7 Å². The van der Waals surface area contributed by atoms with Gasteiger partial charge < -0.3 is 9.84 Å². The third-order valence-corrected chi connectivity index (χ3v) is 4.57. The molecule has 7 heteroatoms. The number of carbonyl (C=O) groups is 1. The minimum atomic E-state index is -3.81. The molecule has 0 aliphatic heterocycles. The summed E-state index contributed by atoms with van der Waals surface area (Å²) in [6.45, 7) is 1.79. The van der Waals surface area contributed by atoms with E-state index in [0.29, 0.717) is 11.3 Å². The van der Waals surface area contributed by atoms with Gasteiger partial charge in [0.15, 0.2) is 0 Å². The fourth-order valence-corrected chi connectivity index (χ4v) is 3.38. The zero-order valence-electron chi connectivity index (χ0n) is 12.7. The van der Waals surface area contributed by atoms with Gasteiger partial charge in [-0.25, -0.2) is 8.42 Å². The second-order valence-electron chi connectivity index (χ2n) is 5.03. The summed E-state index contributed by atoms with van der Waals surface area (Å²) in [6, 6.07) is 11.1. The lowest BCUT2D eigenvalue weighted by Gasteiger charge is -2.12. The molecule has 0 aromatic heterocycles. The summed E-state index contributed by atoms with van der Waals surface area (Å²) in [6.07, 6.45) is -0.112. The van der Waals surface area contributed by atoms with Gasteiger partial charge in [-0.1, -0.05) is 18.2 Å². The number of aryl methyl sites for hydroxylation is 1. The number of nitrogens with one attached hydrogen (secondary N) is 1. The molecule has 0 aliphatic rings. The quantitative estimate of drug-likeness (QED) is 0.846. The summed E-state index contributed by atoms with van der Waals surface area (Å²) in [5, 5.41) is 8.73. The maximum atomic E-state index is 12.5. The van der Waals surface area contributed by atoms with E-state index in [2.05, 4.69) is 4.72 Å². The van der Waals surface area contributed by atoms with Crippen molar-refractivity contribution in [1.82, 2.24) is 0 Å². The van der Waals surface area contributed by atoms with Crippen molar-refractivity contribution in [2.75, 3.05) is 11.8 Å². The molecule has 6 nitrogen and oxygen atoms in total. The van der Waals surface area contributed by atoms with Gasteiger partial charge in [0.2, 0.25) is 0 Å². The van der Waals surface area contributed by atoms with Crippen molar-refractivity contribution in [3.63, 3.8) is 0 Å². The monoisotopic (exact) mass is 335 g/mol. The summed E-state index contributed by atoms with van der Waals surface area (Å²) < 4.78 is 32.6. The maximum absolute atomic E-state index is 12.5. The first-order valence-electron chi connectivity index (χ1n) is 6.80. The van der Waals surface area contributed by atoms with Gasteiger partial charge in [-0.05, 0) is 42.3 Å². The van der Waals surface area contributed by atoms with E-state index in [0.717, 1.165) is 5.56 Å². The first-order valence-corrected chi connectivity index (χ1v) is 8.28. The molecule has 0 saturated carbocycles. The molecule has 0 radical (unpaired) electrons. The summed E-state index contributed by atoms with van der Waals surface area (Å²) >= 11 is 0. The minimum absolute atomic E-state index is 0.0506. The first-order chi connectivity index (χ1) is 10.8. The molecular formula is C16H17NO5S. The number of benzene rings is 2. The summed E-state index contributed by atoms with van der Waals surface area (Å²) in [7, 11) is -2.40. The highest BCUT2D eigenvalue weighted by Gasteiger charge is 2.19. The Bertz CT molecular complexity index is 813. The molecule has 0 atom stereocenters. The zero-order valence-corrected chi connectivity index (χ0v) is 13.6. The van der Waals surface area contributed by atoms with Crippen molar-refractivity contribution in [1.29, 1.82) is 0 Å². The fourth-order valence-electron chi connectivity index (χ4n) is 2.07. The summed E-state index contributed by atoms with van der Waals surface area (Å²) in [4.78, 5) is 10.7. The normalized spacial score (nSPS) is 11.0. The number of rotatable bonds is 6. The molecule has 2 aromatic carbocycles. The third-order valence-electron chi connectivity index (χ3n) is 3.17. The Balaban J connectivity index is 2.28. The molecule has 0 amide bonds. The number of hydrogen-bond acceptors (Lipinski definition) is 4. The zero-order chi connectivity index (χ0) is 17.0. The van der Waals surface area contributed by atoms with Crippen LogP contribution in [0.15, 0.2) is 47.4 Å². The predicted molar refractivity (Wildman–Crippen MR) is 86.3 cm³/mol. The molecule has 0 heterocycles. The Morgan fingerprint density at radius 1 is 1.17 bits per heavy atom. The number of sulfonamides is 1. The van der Waals surface area contributed by atoms with Crippen LogP contribution in [0.1, 0.15) is 11.1 Å². The Kier molecular flexibility index (Phi) is 4.90. The van der Waals surface area contributed by atoms with Gasteiger partial charge in [0.25, 0.3) is 10.0 Å². The van der Waals surface area contributed by atoms with E-state index in [4.69, 9.17) is 9.84 Å². The minimum Gasteiger partial charge on any atom is -0.495 e. The van der Waals surface area contributed by atoms with Crippen LogP contribution in [0, 0.1) is 6.92 Å². The lowest BCUT2D eigenvalue weighted by Crippen LogP contribution is -2.14. The summed E-state index contributed by atoms with van der Waals surface area (Å²) in [5.74, 6) is -0.687. The van der Waals surface area contributed by atoms with Crippen LogP contribution in [0.2, 0.25) is 0 Å². The number of carboxylic acids is 1. The van der Waals surface area contributed by atoms with Crippen LogP contribution in [-0.2, 0) is 21.2 Å². The van der Waals surface area contributed by atoms with Gasteiger partial charge in [0, 0.05) is 5.69 Å². The van der Waals surface area contributed by atoms with Gasteiger partial charge in [-0.15, -0.1) is 0 Å². The summed E-state index contributed by atoms with van der Waals surface area (Å²) in [5.41, 5.74) is 1.74. The number of hydrogen-bond donors (Lipinski definition) is 2. The first kappa shape index (κ1) is 16.8. The molecule has 2 rings (SSSR count). The molecule has 0 spiro atoms. The van der Waals surface area contributed by atoms with E-state index < -0.39 is 16.0 Å². The highest BCUT2D eigenvalue weighted by molar-refractivity contribution is 7.92.